The van der Waals surface area contributed by atoms with E-state index in [9.17, 15) is 18.0 Å². The fourth-order valence-corrected chi connectivity index (χ4v) is 3.73. The molecule has 1 aliphatic carbocycles. The Hall–Kier alpha value is -2.13. The number of carbonyl (C=O) groups excluding carboxylic acids is 2. The largest absolute Gasteiger partial charge is 0.495 e. The highest BCUT2D eigenvalue weighted by atomic mass is 32.2. The number of methoxy groups -OCH3 is 1. The molecule has 0 heterocycles. The molecule has 1 fully saturated rings. The minimum atomic E-state index is -3.82. The van der Waals surface area contributed by atoms with Gasteiger partial charge in [-0.15, -0.1) is 0 Å². The molecule has 1 amide bonds. The van der Waals surface area contributed by atoms with Crippen LogP contribution >= 0.6 is 0 Å². The van der Waals surface area contributed by atoms with E-state index in [4.69, 9.17) is 9.47 Å². The molecule has 1 aromatic rings. The van der Waals surface area contributed by atoms with Gasteiger partial charge >= 0.3 is 5.97 Å². The van der Waals surface area contributed by atoms with Gasteiger partial charge < -0.3 is 14.8 Å². The number of carbonyl (C=O) groups is 2. The van der Waals surface area contributed by atoms with Gasteiger partial charge in [0.1, 0.15) is 10.6 Å². The number of hydrogen-bond donors (Lipinski definition) is 2. The van der Waals surface area contributed by atoms with E-state index in [1.807, 2.05) is 13.8 Å². The Morgan fingerprint density at radius 1 is 1.22 bits per heavy atom. The second-order valence-electron chi connectivity index (χ2n) is 6.95. The number of amides is 1. The van der Waals surface area contributed by atoms with Crippen LogP contribution in [-0.2, 0) is 19.6 Å². The van der Waals surface area contributed by atoms with Crippen LogP contribution in [0.5, 0.6) is 5.75 Å². The van der Waals surface area contributed by atoms with Crippen molar-refractivity contribution in [2.24, 2.45) is 5.92 Å². The van der Waals surface area contributed by atoms with E-state index in [1.54, 1.807) is 0 Å². The minimum absolute atomic E-state index is 0.0236. The number of hydrogen-bond acceptors (Lipinski definition) is 6. The summed E-state index contributed by atoms with van der Waals surface area (Å²) < 4.78 is 37.8. The van der Waals surface area contributed by atoms with Gasteiger partial charge in [-0.05, 0) is 43.9 Å². The highest BCUT2D eigenvalue weighted by Gasteiger charge is 2.30. The molecule has 1 aromatic carbocycles. The number of benzene rings is 1. The smallest absolute Gasteiger partial charge is 0.338 e. The first-order valence-corrected chi connectivity index (χ1v) is 10.3. The standard InChI is InChI=1S/C18H26N2O6S/c1-11(2)10-19-17(21)12(3)26-18(22)13-5-8-15(25-4)16(9-13)27(23,24)20-14-6-7-14/h5,8-9,11-12,14,20H,6-7,10H2,1-4H3,(H,19,21)/t12-/m1/s1. The predicted octanol–water partition coefficient (Wildman–Crippen LogP) is 1.45. The Balaban J connectivity index is 2.14. The lowest BCUT2D eigenvalue weighted by molar-refractivity contribution is -0.129. The maximum absolute atomic E-state index is 12.5. The molecular weight excluding hydrogens is 372 g/mol. The molecule has 2 rings (SSSR count). The molecule has 1 aliphatic rings. The summed E-state index contributed by atoms with van der Waals surface area (Å²) in [7, 11) is -2.47. The van der Waals surface area contributed by atoms with E-state index in [0.717, 1.165) is 12.8 Å². The first kappa shape index (κ1) is 21.2. The summed E-state index contributed by atoms with van der Waals surface area (Å²) in [5.74, 6) is -0.797. The van der Waals surface area contributed by atoms with E-state index in [0.29, 0.717) is 6.54 Å². The average Bonchev–Trinajstić information content (AvgIpc) is 3.42. The third kappa shape index (κ3) is 5.93. The van der Waals surface area contributed by atoms with Gasteiger partial charge in [-0.2, -0.15) is 0 Å². The normalized spacial score (nSPS) is 15.3. The molecule has 0 spiro atoms. The second kappa shape index (κ2) is 8.71. The van der Waals surface area contributed by atoms with Gasteiger partial charge in [0, 0.05) is 12.6 Å². The van der Waals surface area contributed by atoms with Gasteiger partial charge in [0.15, 0.2) is 6.10 Å². The van der Waals surface area contributed by atoms with Gasteiger partial charge in [-0.25, -0.2) is 17.9 Å². The highest BCUT2D eigenvalue weighted by molar-refractivity contribution is 7.89. The molecule has 2 N–H and O–H groups in total. The van der Waals surface area contributed by atoms with Crippen molar-refractivity contribution in [2.45, 2.75) is 50.7 Å². The van der Waals surface area contributed by atoms with Crippen LogP contribution in [0.2, 0.25) is 0 Å². The van der Waals surface area contributed by atoms with Crippen LogP contribution in [0.3, 0.4) is 0 Å². The Kier molecular flexibility index (Phi) is 6.83. The molecule has 0 unspecified atom stereocenters. The summed E-state index contributed by atoms with van der Waals surface area (Å²) >= 11 is 0. The van der Waals surface area contributed by atoms with E-state index in [1.165, 1.54) is 32.2 Å². The van der Waals surface area contributed by atoms with Gasteiger partial charge in [-0.3, -0.25) is 4.79 Å². The summed E-state index contributed by atoms with van der Waals surface area (Å²) in [5.41, 5.74) is 0.0236. The molecule has 1 saturated carbocycles. The Morgan fingerprint density at radius 3 is 2.44 bits per heavy atom. The van der Waals surface area contributed by atoms with E-state index in [2.05, 4.69) is 10.0 Å². The van der Waals surface area contributed by atoms with Crippen LogP contribution in [0.1, 0.15) is 44.0 Å². The van der Waals surface area contributed by atoms with Crippen molar-refractivity contribution < 1.29 is 27.5 Å². The molecule has 9 heteroatoms. The molecule has 0 radical (unpaired) electrons. The Labute approximate surface area is 159 Å². The van der Waals surface area contributed by atoms with Crippen molar-refractivity contribution in [2.75, 3.05) is 13.7 Å². The summed E-state index contributed by atoms with van der Waals surface area (Å²) in [4.78, 5) is 24.2. The quantitative estimate of drug-likeness (QED) is 0.609. The molecule has 0 aliphatic heterocycles. The number of ether oxygens (including phenoxy) is 2. The van der Waals surface area contributed by atoms with Crippen LogP contribution in [0.4, 0.5) is 0 Å². The lowest BCUT2D eigenvalue weighted by Crippen LogP contribution is -2.37. The summed E-state index contributed by atoms with van der Waals surface area (Å²) in [6, 6.07) is 3.90. The predicted molar refractivity (Wildman–Crippen MR) is 99.1 cm³/mol. The van der Waals surface area contributed by atoms with Crippen molar-refractivity contribution >= 4 is 21.9 Å². The molecule has 0 saturated heterocycles. The van der Waals surface area contributed by atoms with Gasteiger partial charge in [0.25, 0.3) is 5.91 Å². The first-order valence-electron chi connectivity index (χ1n) is 8.83. The van der Waals surface area contributed by atoms with Crippen molar-refractivity contribution in [1.29, 1.82) is 0 Å². The SMILES string of the molecule is COc1ccc(C(=O)O[C@H](C)C(=O)NCC(C)C)cc1S(=O)(=O)NC1CC1. The fraction of sp³-hybridized carbons (Fsp3) is 0.556. The molecule has 27 heavy (non-hydrogen) atoms. The van der Waals surface area contributed by atoms with Crippen LogP contribution in [0.25, 0.3) is 0 Å². The topological polar surface area (TPSA) is 111 Å². The lowest BCUT2D eigenvalue weighted by atomic mass is 10.2. The lowest BCUT2D eigenvalue weighted by Gasteiger charge is -2.15. The molecule has 0 aromatic heterocycles. The molecule has 0 bridgehead atoms. The Bertz CT molecular complexity index is 802. The van der Waals surface area contributed by atoms with Crippen molar-refractivity contribution in [3.63, 3.8) is 0 Å². The minimum Gasteiger partial charge on any atom is -0.495 e. The van der Waals surface area contributed by atoms with Gasteiger partial charge in [0.05, 0.1) is 12.7 Å². The number of nitrogens with one attached hydrogen (secondary N) is 2. The summed E-state index contributed by atoms with van der Waals surface area (Å²) in [5, 5.41) is 2.68. The van der Waals surface area contributed by atoms with E-state index < -0.39 is 28.0 Å². The van der Waals surface area contributed by atoms with Crippen LogP contribution < -0.4 is 14.8 Å². The summed E-state index contributed by atoms with van der Waals surface area (Å²) in [6.07, 6.45) is 0.571. The number of sulfonamides is 1. The highest BCUT2D eigenvalue weighted by Crippen LogP contribution is 2.28. The fourth-order valence-electron chi connectivity index (χ4n) is 2.23. The summed E-state index contributed by atoms with van der Waals surface area (Å²) in [6.45, 7) is 5.83. The van der Waals surface area contributed by atoms with Crippen LogP contribution in [-0.4, -0.2) is 46.1 Å². The van der Waals surface area contributed by atoms with E-state index in [-0.39, 0.29) is 28.2 Å². The molecule has 1 atom stereocenters. The Morgan fingerprint density at radius 2 is 1.89 bits per heavy atom. The maximum atomic E-state index is 12.5. The van der Waals surface area contributed by atoms with Crippen LogP contribution in [0, 0.1) is 5.92 Å². The molecular formula is C18H26N2O6S. The van der Waals surface area contributed by atoms with Crippen molar-refractivity contribution in [1.82, 2.24) is 10.0 Å². The monoisotopic (exact) mass is 398 g/mol. The second-order valence-corrected chi connectivity index (χ2v) is 8.63. The third-order valence-corrected chi connectivity index (χ3v) is 5.47. The zero-order valence-corrected chi connectivity index (χ0v) is 16.8. The number of rotatable bonds is 9. The zero-order chi connectivity index (χ0) is 20.2. The van der Waals surface area contributed by atoms with Gasteiger partial charge in [-0.1, -0.05) is 13.8 Å². The zero-order valence-electron chi connectivity index (χ0n) is 15.9. The van der Waals surface area contributed by atoms with Gasteiger partial charge in [0.2, 0.25) is 10.0 Å². The molecule has 8 nitrogen and oxygen atoms in total. The molecule has 150 valence electrons. The third-order valence-electron chi connectivity index (χ3n) is 3.93. The first-order chi connectivity index (χ1) is 12.6. The van der Waals surface area contributed by atoms with Crippen molar-refractivity contribution in [3.8, 4) is 5.75 Å². The number of esters is 1. The van der Waals surface area contributed by atoms with E-state index >= 15 is 0 Å². The van der Waals surface area contributed by atoms with Crippen LogP contribution in [0.15, 0.2) is 23.1 Å². The average molecular weight is 398 g/mol. The maximum Gasteiger partial charge on any atom is 0.338 e. The van der Waals surface area contributed by atoms with Crippen molar-refractivity contribution in [3.05, 3.63) is 23.8 Å².